The molecule has 3 rings (SSSR count). The highest BCUT2D eigenvalue weighted by Gasteiger charge is 2.22. The zero-order chi connectivity index (χ0) is 21.0. The molecule has 0 radical (unpaired) electrons. The minimum Gasteiger partial charge on any atom is -0.486 e. The Morgan fingerprint density at radius 3 is 2.55 bits per heavy atom. The molecule has 10 heteroatoms. The minimum atomic E-state index is -3.67. The molecule has 0 unspecified atom stereocenters. The van der Waals surface area contributed by atoms with E-state index in [2.05, 4.69) is 26.5 Å². The van der Waals surface area contributed by atoms with Gasteiger partial charge in [0, 0.05) is 10.0 Å². The van der Waals surface area contributed by atoms with Crippen molar-refractivity contribution in [1.29, 1.82) is 0 Å². The summed E-state index contributed by atoms with van der Waals surface area (Å²) in [7, 11) is -3.67. The number of para-hydroxylation sites is 1. The third kappa shape index (κ3) is 5.27. The highest BCUT2D eigenvalue weighted by Crippen LogP contribution is 2.31. The van der Waals surface area contributed by atoms with Gasteiger partial charge in [0.15, 0.2) is 11.5 Å². The Balaban J connectivity index is 1.72. The number of ether oxygens (including phenoxy) is 2. The van der Waals surface area contributed by atoms with E-state index in [4.69, 9.17) is 9.47 Å². The molecule has 1 amide bonds. The van der Waals surface area contributed by atoms with E-state index in [1.165, 1.54) is 0 Å². The minimum absolute atomic E-state index is 0.373. The van der Waals surface area contributed by atoms with Crippen molar-refractivity contribution in [3.05, 3.63) is 52.5 Å². The Morgan fingerprint density at radius 2 is 1.86 bits per heavy atom. The number of hydrogen-bond acceptors (Lipinski definition) is 6. The van der Waals surface area contributed by atoms with Gasteiger partial charge in [0.25, 0.3) is 5.91 Å². The molecule has 0 saturated carbocycles. The van der Waals surface area contributed by atoms with E-state index in [1.54, 1.807) is 43.3 Å². The Hall–Kier alpha value is -2.59. The number of hydrazone groups is 1. The van der Waals surface area contributed by atoms with Crippen LogP contribution in [0.3, 0.4) is 0 Å². The van der Waals surface area contributed by atoms with E-state index in [0.29, 0.717) is 40.6 Å². The lowest BCUT2D eigenvalue weighted by molar-refractivity contribution is -0.119. The van der Waals surface area contributed by atoms with Crippen LogP contribution in [0.1, 0.15) is 12.5 Å². The van der Waals surface area contributed by atoms with Gasteiger partial charge in [0.1, 0.15) is 19.8 Å². The molecule has 0 saturated heterocycles. The van der Waals surface area contributed by atoms with Crippen LogP contribution in [0, 0.1) is 0 Å². The third-order valence-corrected chi connectivity index (χ3v) is 5.91. The molecule has 0 atom stereocenters. The summed E-state index contributed by atoms with van der Waals surface area (Å²) in [5.74, 6) is 0.712. The Labute approximate surface area is 177 Å². The number of nitrogens with zero attached hydrogens (tertiary/aromatic N) is 2. The summed E-state index contributed by atoms with van der Waals surface area (Å²) in [5, 5.41) is 4.08. The fraction of sp³-hybridized carbons (Fsp3) is 0.263. The number of hydrogen-bond donors (Lipinski definition) is 1. The Kier molecular flexibility index (Phi) is 6.43. The maximum absolute atomic E-state index is 12.4. The van der Waals surface area contributed by atoms with Crippen LogP contribution in [0.2, 0.25) is 0 Å². The van der Waals surface area contributed by atoms with Gasteiger partial charge >= 0.3 is 0 Å². The first-order chi connectivity index (χ1) is 13.8. The second-order valence-electron chi connectivity index (χ2n) is 6.31. The number of amides is 1. The average molecular weight is 482 g/mol. The van der Waals surface area contributed by atoms with Gasteiger partial charge < -0.3 is 9.47 Å². The standard InChI is InChI=1S/C19H20BrN3O5S/c1-13(14-7-8-17-18(11-14)28-10-9-27-17)21-22-19(24)12-23(29(2,25)26)16-6-4-3-5-15(16)20/h3-8,11H,9-10,12H2,1-2H3,(H,22,24)/b21-13+. The zero-order valence-electron chi connectivity index (χ0n) is 15.9. The van der Waals surface area contributed by atoms with E-state index in [-0.39, 0.29) is 0 Å². The summed E-state index contributed by atoms with van der Waals surface area (Å²) in [5.41, 5.74) is 4.08. The largest absolute Gasteiger partial charge is 0.486 e. The van der Waals surface area contributed by atoms with Crippen LogP contribution in [-0.4, -0.2) is 46.1 Å². The molecule has 2 aromatic rings. The van der Waals surface area contributed by atoms with Crippen molar-refractivity contribution in [3.63, 3.8) is 0 Å². The number of rotatable bonds is 6. The molecule has 0 aliphatic carbocycles. The van der Waals surface area contributed by atoms with E-state index in [1.807, 2.05) is 6.07 Å². The molecule has 0 spiro atoms. The van der Waals surface area contributed by atoms with Gasteiger partial charge in [-0.15, -0.1) is 0 Å². The fourth-order valence-electron chi connectivity index (χ4n) is 2.68. The number of nitrogens with one attached hydrogen (secondary N) is 1. The van der Waals surface area contributed by atoms with Crippen molar-refractivity contribution < 1.29 is 22.7 Å². The molecule has 0 aromatic heterocycles. The van der Waals surface area contributed by atoms with Crippen LogP contribution in [0.15, 0.2) is 52.0 Å². The van der Waals surface area contributed by atoms with Crippen molar-refractivity contribution >= 4 is 43.3 Å². The van der Waals surface area contributed by atoms with Crippen LogP contribution >= 0.6 is 15.9 Å². The molecular weight excluding hydrogens is 462 g/mol. The van der Waals surface area contributed by atoms with Gasteiger partial charge in [-0.1, -0.05) is 12.1 Å². The van der Waals surface area contributed by atoms with E-state index >= 15 is 0 Å². The highest BCUT2D eigenvalue weighted by atomic mass is 79.9. The third-order valence-electron chi connectivity index (χ3n) is 4.12. The van der Waals surface area contributed by atoms with E-state index < -0.39 is 22.5 Å². The summed E-state index contributed by atoms with van der Waals surface area (Å²) >= 11 is 3.31. The van der Waals surface area contributed by atoms with Crippen molar-refractivity contribution in [1.82, 2.24) is 5.43 Å². The predicted octanol–water partition coefficient (Wildman–Crippen LogP) is 2.53. The molecule has 0 fully saturated rings. The van der Waals surface area contributed by atoms with Crippen molar-refractivity contribution in [2.45, 2.75) is 6.92 Å². The summed E-state index contributed by atoms with van der Waals surface area (Å²) in [6.07, 6.45) is 1.05. The maximum atomic E-state index is 12.4. The second kappa shape index (κ2) is 8.83. The molecule has 0 bridgehead atoms. The predicted molar refractivity (Wildman–Crippen MR) is 114 cm³/mol. The molecule has 8 nitrogen and oxygen atoms in total. The molecule has 2 aromatic carbocycles. The van der Waals surface area contributed by atoms with Gasteiger partial charge in [-0.05, 0) is 53.2 Å². The van der Waals surface area contributed by atoms with Crippen molar-refractivity contribution in [2.75, 3.05) is 30.3 Å². The fourth-order valence-corrected chi connectivity index (χ4v) is 4.16. The number of carbonyl (C=O) groups is 1. The molecule has 1 aliphatic rings. The lowest BCUT2D eigenvalue weighted by atomic mass is 10.1. The number of sulfonamides is 1. The number of fused-ring (bicyclic) bond motifs is 1. The molecule has 29 heavy (non-hydrogen) atoms. The van der Waals surface area contributed by atoms with Gasteiger partial charge in [-0.25, -0.2) is 13.8 Å². The first-order valence-corrected chi connectivity index (χ1v) is 11.4. The summed E-state index contributed by atoms with van der Waals surface area (Å²) in [6, 6.07) is 12.1. The van der Waals surface area contributed by atoms with E-state index in [0.717, 1.165) is 16.1 Å². The van der Waals surface area contributed by atoms with Crippen LogP contribution in [0.5, 0.6) is 11.5 Å². The highest BCUT2D eigenvalue weighted by molar-refractivity contribution is 9.10. The Bertz CT molecular complexity index is 1060. The molecular formula is C19H20BrN3O5S. The van der Waals surface area contributed by atoms with Gasteiger partial charge in [-0.3, -0.25) is 9.10 Å². The normalized spacial score (nSPS) is 13.7. The monoisotopic (exact) mass is 481 g/mol. The summed E-state index contributed by atoms with van der Waals surface area (Å²) in [4.78, 5) is 12.4. The van der Waals surface area contributed by atoms with E-state index in [9.17, 15) is 13.2 Å². The lowest BCUT2D eigenvalue weighted by Gasteiger charge is -2.22. The topological polar surface area (TPSA) is 97.3 Å². The van der Waals surface area contributed by atoms with Crippen LogP contribution < -0.4 is 19.2 Å². The Morgan fingerprint density at radius 1 is 1.17 bits per heavy atom. The van der Waals surface area contributed by atoms with Crippen molar-refractivity contribution in [2.24, 2.45) is 5.10 Å². The average Bonchev–Trinajstić information content (AvgIpc) is 2.69. The smallest absolute Gasteiger partial charge is 0.260 e. The SMILES string of the molecule is C/C(=N\NC(=O)CN(c1ccccc1Br)S(C)(=O)=O)c1ccc2c(c1)OCCO2. The lowest BCUT2D eigenvalue weighted by Crippen LogP contribution is -2.39. The molecule has 154 valence electrons. The van der Waals surface area contributed by atoms with Gasteiger partial charge in [0.05, 0.1) is 17.7 Å². The first kappa shape index (κ1) is 21.1. The first-order valence-electron chi connectivity index (χ1n) is 8.71. The number of carbonyl (C=O) groups excluding carboxylic acids is 1. The summed E-state index contributed by atoms with van der Waals surface area (Å²) in [6.45, 7) is 2.30. The molecule has 1 heterocycles. The van der Waals surface area contributed by atoms with Crippen molar-refractivity contribution in [3.8, 4) is 11.5 Å². The summed E-state index contributed by atoms with van der Waals surface area (Å²) < 4.78 is 37.0. The number of halogens is 1. The van der Waals surface area contributed by atoms with Gasteiger partial charge in [0.2, 0.25) is 10.0 Å². The van der Waals surface area contributed by atoms with Crippen LogP contribution in [-0.2, 0) is 14.8 Å². The van der Waals surface area contributed by atoms with Crippen LogP contribution in [0.25, 0.3) is 0 Å². The molecule has 1 aliphatic heterocycles. The second-order valence-corrected chi connectivity index (χ2v) is 9.07. The van der Waals surface area contributed by atoms with Crippen LogP contribution in [0.4, 0.5) is 5.69 Å². The zero-order valence-corrected chi connectivity index (χ0v) is 18.3. The number of anilines is 1. The number of benzene rings is 2. The van der Waals surface area contributed by atoms with Gasteiger partial charge in [-0.2, -0.15) is 5.10 Å². The molecule has 1 N–H and O–H groups in total. The maximum Gasteiger partial charge on any atom is 0.260 e. The quantitative estimate of drug-likeness (QED) is 0.504.